The zero-order valence-corrected chi connectivity index (χ0v) is 11.1. The Balaban J connectivity index is 2.74. The van der Waals surface area contributed by atoms with E-state index in [1.54, 1.807) is 14.0 Å². The van der Waals surface area contributed by atoms with E-state index in [4.69, 9.17) is 4.74 Å². The van der Waals surface area contributed by atoms with Gasteiger partial charge in [0, 0.05) is 12.8 Å². The van der Waals surface area contributed by atoms with Crippen LogP contribution in [0.5, 0.6) is 0 Å². The number of carbonyl (C=O) groups is 1. The van der Waals surface area contributed by atoms with E-state index in [2.05, 4.69) is 21.2 Å². The molecule has 0 aliphatic rings. The van der Waals surface area contributed by atoms with Crippen molar-refractivity contribution in [1.29, 1.82) is 0 Å². The Kier molecular flexibility index (Phi) is 5.49. The van der Waals surface area contributed by atoms with Crippen LogP contribution in [0.15, 0.2) is 24.3 Å². The van der Waals surface area contributed by atoms with Gasteiger partial charge in [0.15, 0.2) is 0 Å². The summed E-state index contributed by atoms with van der Waals surface area (Å²) in [6.45, 7) is 2.45. The molecule has 88 valence electrons. The molecule has 0 aliphatic heterocycles. The second-order valence-corrected chi connectivity index (χ2v) is 4.88. The number of alkyl halides is 1. The lowest BCUT2D eigenvalue weighted by atomic mass is 10.1. The predicted molar refractivity (Wildman–Crippen MR) is 69.0 cm³/mol. The van der Waals surface area contributed by atoms with Gasteiger partial charge in [0.05, 0.1) is 11.4 Å². The minimum absolute atomic E-state index is 0.0372. The van der Waals surface area contributed by atoms with Crippen LogP contribution in [0.1, 0.15) is 12.5 Å². The second kappa shape index (κ2) is 6.66. The average Bonchev–Trinajstić information content (AvgIpc) is 2.27. The number of nitrogens with one attached hydrogen (secondary N) is 1. The minimum Gasteiger partial charge on any atom is -0.384 e. The molecule has 0 heterocycles. The summed E-state index contributed by atoms with van der Waals surface area (Å²) >= 11 is 3.24. The minimum atomic E-state index is -0.192. The number of para-hydroxylation sites is 1. The van der Waals surface area contributed by atoms with Crippen molar-refractivity contribution in [2.75, 3.05) is 19.0 Å². The van der Waals surface area contributed by atoms with Crippen LogP contribution < -0.4 is 5.32 Å². The van der Waals surface area contributed by atoms with E-state index in [9.17, 15) is 4.79 Å². The standard InChI is InChI=1S/C12H16BrNO2/c1-9(13)12(15)14-11-6-4-3-5-10(11)7-8-16-2/h3-6,9H,7-8H2,1-2H3,(H,14,15). The van der Waals surface area contributed by atoms with Gasteiger partial charge >= 0.3 is 0 Å². The normalized spacial score (nSPS) is 12.2. The summed E-state index contributed by atoms with van der Waals surface area (Å²) in [5.41, 5.74) is 1.95. The van der Waals surface area contributed by atoms with Crippen molar-refractivity contribution in [1.82, 2.24) is 0 Å². The van der Waals surface area contributed by atoms with E-state index < -0.39 is 0 Å². The Labute approximate surface area is 104 Å². The molecule has 1 aromatic carbocycles. The summed E-state index contributed by atoms with van der Waals surface area (Å²) in [4.78, 5) is 11.4. The summed E-state index contributed by atoms with van der Waals surface area (Å²) < 4.78 is 5.03. The summed E-state index contributed by atoms with van der Waals surface area (Å²) in [6.07, 6.45) is 0.795. The number of hydrogen-bond acceptors (Lipinski definition) is 2. The monoisotopic (exact) mass is 285 g/mol. The number of ether oxygens (including phenoxy) is 1. The molecule has 0 saturated heterocycles. The van der Waals surface area contributed by atoms with E-state index >= 15 is 0 Å². The van der Waals surface area contributed by atoms with Crippen molar-refractivity contribution in [3.05, 3.63) is 29.8 Å². The van der Waals surface area contributed by atoms with Crippen LogP contribution in [0.3, 0.4) is 0 Å². The molecule has 1 amide bonds. The molecule has 0 bridgehead atoms. The molecule has 1 N–H and O–H groups in total. The van der Waals surface area contributed by atoms with Crippen LogP contribution >= 0.6 is 15.9 Å². The van der Waals surface area contributed by atoms with Crippen LogP contribution in [-0.2, 0) is 16.0 Å². The third kappa shape index (κ3) is 3.94. The number of carbonyl (C=O) groups excluding carboxylic acids is 1. The van der Waals surface area contributed by atoms with Gasteiger partial charge in [0.1, 0.15) is 0 Å². The highest BCUT2D eigenvalue weighted by atomic mass is 79.9. The van der Waals surface area contributed by atoms with Crippen LogP contribution in [-0.4, -0.2) is 24.5 Å². The van der Waals surface area contributed by atoms with Crippen molar-refractivity contribution in [3.63, 3.8) is 0 Å². The highest BCUT2D eigenvalue weighted by Gasteiger charge is 2.10. The van der Waals surface area contributed by atoms with Crippen LogP contribution in [0.2, 0.25) is 0 Å². The third-order valence-electron chi connectivity index (χ3n) is 2.21. The van der Waals surface area contributed by atoms with Gasteiger partial charge in [-0.25, -0.2) is 0 Å². The Hall–Kier alpha value is -0.870. The zero-order chi connectivity index (χ0) is 12.0. The molecule has 1 aromatic rings. The predicted octanol–water partition coefficient (Wildman–Crippen LogP) is 2.60. The molecular weight excluding hydrogens is 270 g/mol. The van der Waals surface area contributed by atoms with Gasteiger partial charge in [-0.3, -0.25) is 4.79 Å². The zero-order valence-electron chi connectivity index (χ0n) is 9.50. The molecule has 3 nitrogen and oxygen atoms in total. The molecule has 0 aliphatic carbocycles. The van der Waals surface area contributed by atoms with Gasteiger partial charge in [0.25, 0.3) is 0 Å². The van der Waals surface area contributed by atoms with Crippen LogP contribution in [0.4, 0.5) is 5.69 Å². The third-order valence-corrected chi connectivity index (χ3v) is 2.63. The first-order valence-electron chi connectivity index (χ1n) is 5.17. The molecule has 4 heteroatoms. The van der Waals surface area contributed by atoms with E-state index in [1.165, 1.54) is 0 Å². The Morgan fingerprint density at radius 2 is 2.19 bits per heavy atom. The summed E-state index contributed by atoms with van der Waals surface area (Å²) in [7, 11) is 1.67. The first-order valence-corrected chi connectivity index (χ1v) is 6.08. The fraction of sp³-hybridized carbons (Fsp3) is 0.417. The lowest BCUT2D eigenvalue weighted by Crippen LogP contribution is -2.20. The Bertz CT molecular complexity index is 353. The molecule has 1 unspecified atom stereocenters. The summed E-state index contributed by atoms with van der Waals surface area (Å²) in [5.74, 6) is -0.0372. The number of anilines is 1. The van der Waals surface area contributed by atoms with Gasteiger partial charge < -0.3 is 10.1 Å². The molecule has 0 spiro atoms. The lowest BCUT2D eigenvalue weighted by molar-refractivity contribution is -0.115. The summed E-state index contributed by atoms with van der Waals surface area (Å²) in [6, 6.07) is 7.76. The van der Waals surface area contributed by atoms with Crippen LogP contribution in [0.25, 0.3) is 0 Å². The maximum atomic E-state index is 11.5. The number of hydrogen-bond donors (Lipinski definition) is 1. The highest BCUT2D eigenvalue weighted by Crippen LogP contribution is 2.16. The molecule has 0 aromatic heterocycles. The fourth-order valence-electron chi connectivity index (χ4n) is 1.30. The molecule has 1 atom stereocenters. The van der Waals surface area contributed by atoms with Crippen LogP contribution in [0, 0.1) is 0 Å². The number of amides is 1. The first-order chi connectivity index (χ1) is 7.65. The van der Waals surface area contributed by atoms with Gasteiger partial charge in [-0.15, -0.1) is 0 Å². The van der Waals surface area contributed by atoms with Gasteiger partial charge in [-0.2, -0.15) is 0 Å². The molecule has 0 fully saturated rings. The Morgan fingerprint density at radius 1 is 1.50 bits per heavy atom. The maximum absolute atomic E-state index is 11.5. The molecule has 1 rings (SSSR count). The number of halogens is 1. The van der Waals surface area contributed by atoms with Gasteiger partial charge in [-0.1, -0.05) is 34.1 Å². The van der Waals surface area contributed by atoms with Crippen molar-refractivity contribution in [3.8, 4) is 0 Å². The topological polar surface area (TPSA) is 38.3 Å². The molecular formula is C12H16BrNO2. The van der Waals surface area contributed by atoms with Crippen molar-refractivity contribution in [2.45, 2.75) is 18.2 Å². The van der Waals surface area contributed by atoms with E-state index in [-0.39, 0.29) is 10.7 Å². The molecule has 0 saturated carbocycles. The Morgan fingerprint density at radius 3 is 2.81 bits per heavy atom. The molecule has 16 heavy (non-hydrogen) atoms. The average molecular weight is 286 g/mol. The van der Waals surface area contributed by atoms with E-state index in [0.717, 1.165) is 17.7 Å². The molecule has 0 radical (unpaired) electrons. The lowest BCUT2D eigenvalue weighted by Gasteiger charge is -2.11. The second-order valence-electron chi connectivity index (χ2n) is 3.51. The number of rotatable bonds is 5. The van der Waals surface area contributed by atoms with Crippen molar-refractivity contribution < 1.29 is 9.53 Å². The van der Waals surface area contributed by atoms with E-state index in [1.807, 2.05) is 24.3 Å². The quantitative estimate of drug-likeness (QED) is 0.845. The summed E-state index contributed by atoms with van der Waals surface area (Å²) in [5, 5.41) is 2.88. The fourth-order valence-corrected chi connectivity index (χ4v) is 1.42. The van der Waals surface area contributed by atoms with Crippen molar-refractivity contribution >= 4 is 27.5 Å². The van der Waals surface area contributed by atoms with Gasteiger partial charge in [0.2, 0.25) is 5.91 Å². The highest BCUT2D eigenvalue weighted by molar-refractivity contribution is 9.10. The smallest absolute Gasteiger partial charge is 0.237 e. The van der Waals surface area contributed by atoms with Crippen molar-refractivity contribution in [2.24, 2.45) is 0 Å². The number of benzene rings is 1. The maximum Gasteiger partial charge on any atom is 0.237 e. The van der Waals surface area contributed by atoms with Gasteiger partial charge in [-0.05, 0) is 25.0 Å². The van der Waals surface area contributed by atoms with E-state index in [0.29, 0.717) is 6.61 Å². The SMILES string of the molecule is COCCc1ccccc1NC(=O)C(C)Br. The number of methoxy groups -OCH3 is 1. The first kappa shape index (κ1) is 13.2. The largest absolute Gasteiger partial charge is 0.384 e.